The van der Waals surface area contributed by atoms with Crippen LogP contribution >= 0.6 is 0 Å². The minimum atomic E-state index is -0.538. The third-order valence-corrected chi connectivity index (χ3v) is 2.53. The van der Waals surface area contributed by atoms with E-state index < -0.39 is 6.04 Å². The lowest BCUT2D eigenvalue weighted by molar-refractivity contribution is -0.122. The van der Waals surface area contributed by atoms with E-state index in [1.165, 1.54) is 6.26 Å². The lowest BCUT2D eigenvalue weighted by Gasteiger charge is -2.18. The van der Waals surface area contributed by atoms with Gasteiger partial charge in [0.1, 0.15) is 11.8 Å². The van der Waals surface area contributed by atoms with Gasteiger partial charge in [0.25, 0.3) is 5.91 Å². The van der Waals surface area contributed by atoms with Crippen LogP contribution in [0.5, 0.6) is 0 Å². The Labute approximate surface area is 99.1 Å². The highest BCUT2D eigenvalue weighted by Gasteiger charge is 2.20. The maximum Gasteiger partial charge on any atom is 0.286 e. The second-order valence-corrected chi connectivity index (χ2v) is 3.78. The molecule has 1 aromatic rings. The molecule has 0 spiro atoms. The second-order valence-electron chi connectivity index (χ2n) is 3.78. The van der Waals surface area contributed by atoms with E-state index in [4.69, 9.17) is 9.15 Å². The van der Waals surface area contributed by atoms with Crippen LogP contribution in [0.2, 0.25) is 0 Å². The van der Waals surface area contributed by atoms with Crippen LogP contribution in [0.15, 0.2) is 34.6 Å². The van der Waals surface area contributed by atoms with Gasteiger partial charge in [0.15, 0.2) is 5.76 Å². The summed E-state index contributed by atoms with van der Waals surface area (Å²) >= 11 is 0. The molecular formula is C12H15NO4. The zero-order chi connectivity index (χ0) is 12.1. The first-order valence-corrected chi connectivity index (χ1v) is 5.59. The van der Waals surface area contributed by atoms with Crippen LogP contribution in [0, 0.1) is 0 Å². The van der Waals surface area contributed by atoms with Crippen LogP contribution in [-0.4, -0.2) is 24.2 Å². The number of aliphatic hydroxyl groups is 1. The molecule has 2 rings (SSSR count). The minimum Gasteiger partial charge on any atom is -0.488 e. The van der Waals surface area contributed by atoms with Gasteiger partial charge in [-0.05, 0) is 31.1 Å². The topological polar surface area (TPSA) is 71.7 Å². The first kappa shape index (κ1) is 11.7. The van der Waals surface area contributed by atoms with Gasteiger partial charge < -0.3 is 19.6 Å². The van der Waals surface area contributed by atoms with Crippen molar-refractivity contribution < 1.29 is 19.1 Å². The summed E-state index contributed by atoms with van der Waals surface area (Å²) < 4.78 is 10.4. The van der Waals surface area contributed by atoms with Gasteiger partial charge in [-0.25, -0.2) is 0 Å². The van der Waals surface area contributed by atoms with E-state index in [0.29, 0.717) is 18.1 Å². The number of aliphatic hydroxyl groups excluding tert-OH is 1. The van der Waals surface area contributed by atoms with Crippen molar-refractivity contribution in [1.82, 2.24) is 5.32 Å². The summed E-state index contributed by atoms with van der Waals surface area (Å²) in [5, 5.41) is 11.9. The summed E-state index contributed by atoms with van der Waals surface area (Å²) in [4.78, 5) is 11.8. The molecular weight excluding hydrogens is 222 g/mol. The van der Waals surface area contributed by atoms with Crippen molar-refractivity contribution in [1.29, 1.82) is 0 Å². The highest BCUT2D eigenvalue weighted by Crippen LogP contribution is 2.15. The number of amides is 1. The van der Waals surface area contributed by atoms with Gasteiger partial charge in [-0.15, -0.1) is 0 Å². The number of nitrogens with one attached hydrogen (secondary N) is 1. The Bertz CT molecular complexity index is 397. The van der Waals surface area contributed by atoms with Crippen LogP contribution < -0.4 is 5.32 Å². The molecule has 1 aliphatic rings. The zero-order valence-corrected chi connectivity index (χ0v) is 9.39. The van der Waals surface area contributed by atoms with Crippen molar-refractivity contribution in [2.75, 3.05) is 13.2 Å². The van der Waals surface area contributed by atoms with Crippen LogP contribution in [-0.2, 0) is 9.53 Å². The Hall–Kier alpha value is -1.75. The molecule has 17 heavy (non-hydrogen) atoms. The van der Waals surface area contributed by atoms with Crippen molar-refractivity contribution >= 4 is 5.91 Å². The van der Waals surface area contributed by atoms with Crippen LogP contribution in [0.4, 0.5) is 0 Å². The van der Waals surface area contributed by atoms with Crippen molar-refractivity contribution in [3.63, 3.8) is 0 Å². The number of hydrogen-bond donors (Lipinski definition) is 2. The summed E-state index contributed by atoms with van der Waals surface area (Å²) in [6.07, 6.45) is 5.03. The minimum absolute atomic E-state index is 0.216. The fourth-order valence-electron chi connectivity index (χ4n) is 1.64. The molecule has 1 unspecified atom stereocenters. The summed E-state index contributed by atoms with van der Waals surface area (Å²) in [7, 11) is 0. The van der Waals surface area contributed by atoms with E-state index in [-0.39, 0.29) is 12.5 Å². The van der Waals surface area contributed by atoms with Gasteiger partial charge in [0.05, 0.1) is 19.5 Å². The average Bonchev–Trinajstić information content (AvgIpc) is 2.90. The zero-order valence-electron chi connectivity index (χ0n) is 9.39. The van der Waals surface area contributed by atoms with E-state index in [9.17, 15) is 9.90 Å². The largest absolute Gasteiger partial charge is 0.488 e. The lowest BCUT2D eigenvalue weighted by atomic mass is 10.2. The number of ether oxygens (including phenoxy) is 1. The first-order chi connectivity index (χ1) is 8.31. The molecule has 5 nitrogen and oxygen atoms in total. The molecule has 0 saturated heterocycles. The van der Waals surface area contributed by atoms with Crippen LogP contribution in [0.25, 0.3) is 0 Å². The summed E-state index contributed by atoms with van der Waals surface area (Å²) in [5.74, 6) is 0.527. The standard InChI is InChI=1S/C12H15NO4/c14-8-9(10-5-3-7-16-10)13-12(15)11-4-1-2-6-17-11/h3-5,7,9,14H,1-2,6,8H2,(H,13,15). The maximum atomic E-state index is 11.8. The summed E-state index contributed by atoms with van der Waals surface area (Å²) in [6, 6.07) is 2.88. The van der Waals surface area contributed by atoms with E-state index >= 15 is 0 Å². The fraction of sp³-hybridized carbons (Fsp3) is 0.417. The molecule has 0 radical (unpaired) electrons. The number of rotatable bonds is 4. The predicted octanol–water partition coefficient (Wildman–Crippen LogP) is 1.12. The maximum absolute atomic E-state index is 11.8. The third-order valence-electron chi connectivity index (χ3n) is 2.53. The van der Waals surface area contributed by atoms with E-state index in [1.807, 2.05) is 0 Å². The predicted molar refractivity (Wildman–Crippen MR) is 59.9 cm³/mol. The fourth-order valence-corrected chi connectivity index (χ4v) is 1.64. The van der Waals surface area contributed by atoms with E-state index in [2.05, 4.69) is 5.32 Å². The second kappa shape index (κ2) is 5.54. The van der Waals surface area contributed by atoms with Crippen molar-refractivity contribution in [3.05, 3.63) is 36.0 Å². The normalized spacial score (nSPS) is 16.9. The Morgan fingerprint density at radius 3 is 3.06 bits per heavy atom. The molecule has 1 aromatic heterocycles. The molecule has 1 amide bonds. The summed E-state index contributed by atoms with van der Waals surface area (Å²) in [5.41, 5.74) is 0. The van der Waals surface area contributed by atoms with Gasteiger partial charge in [-0.1, -0.05) is 0 Å². The Morgan fingerprint density at radius 1 is 1.59 bits per heavy atom. The summed E-state index contributed by atoms with van der Waals surface area (Å²) in [6.45, 7) is 0.344. The van der Waals surface area contributed by atoms with E-state index in [1.54, 1.807) is 18.2 Å². The molecule has 1 aliphatic heterocycles. The number of carbonyl (C=O) groups is 1. The van der Waals surface area contributed by atoms with Crippen LogP contribution in [0.3, 0.4) is 0 Å². The SMILES string of the molecule is O=C(NC(CO)c1ccco1)C1=CCCCO1. The molecule has 5 heteroatoms. The third kappa shape index (κ3) is 2.88. The van der Waals surface area contributed by atoms with E-state index in [0.717, 1.165) is 12.8 Å². The Morgan fingerprint density at radius 2 is 2.47 bits per heavy atom. The number of hydrogen-bond acceptors (Lipinski definition) is 4. The molecule has 0 saturated carbocycles. The van der Waals surface area contributed by atoms with Gasteiger partial charge in [0.2, 0.25) is 0 Å². The highest BCUT2D eigenvalue weighted by molar-refractivity contribution is 5.91. The average molecular weight is 237 g/mol. The van der Waals surface area contributed by atoms with Gasteiger partial charge in [-0.3, -0.25) is 4.79 Å². The van der Waals surface area contributed by atoms with Crippen molar-refractivity contribution in [2.45, 2.75) is 18.9 Å². The quantitative estimate of drug-likeness (QED) is 0.823. The van der Waals surface area contributed by atoms with Gasteiger partial charge in [-0.2, -0.15) is 0 Å². The molecule has 0 fully saturated rings. The first-order valence-electron chi connectivity index (χ1n) is 5.59. The molecule has 2 N–H and O–H groups in total. The molecule has 0 aromatic carbocycles. The highest BCUT2D eigenvalue weighted by atomic mass is 16.5. The van der Waals surface area contributed by atoms with Gasteiger partial charge >= 0.3 is 0 Å². The number of furan rings is 1. The number of allylic oxidation sites excluding steroid dienone is 1. The van der Waals surface area contributed by atoms with Crippen molar-refractivity contribution in [2.24, 2.45) is 0 Å². The van der Waals surface area contributed by atoms with Crippen molar-refractivity contribution in [3.8, 4) is 0 Å². The number of carbonyl (C=O) groups excluding carboxylic acids is 1. The Balaban J connectivity index is 1.99. The smallest absolute Gasteiger partial charge is 0.286 e. The molecule has 0 bridgehead atoms. The molecule has 2 heterocycles. The molecule has 0 aliphatic carbocycles. The lowest BCUT2D eigenvalue weighted by Crippen LogP contribution is -2.33. The monoisotopic (exact) mass is 237 g/mol. The molecule has 1 atom stereocenters. The Kier molecular flexibility index (Phi) is 3.82. The molecule has 92 valence electrons. The van der Waals surface area contributed by atoms with Crippen LogP contribution in [0.1, 0.15) is 24.6 Å². The van der Waals surface area contributed by atoms with Gasteiger partial charge in [0, 0.05) is 0 Å².